The maximum Gasteiger partial charge on any atom is 0.331 e. The maximum atomic E-state index is 13.2. The van der Waals surface area contributed by atoms with E-state index in [1.54, 1.807) is 60.7 Å². The number of nitrogens with one attached hydrogen (secondary N) is 1. The number of carboxylic acids is 1. The third kappa shape index (κ3) is 4.18. The highest BCUT2D eigenvalue weighted by molar-refractivity contribution is 6.45. The lowest BCUT2D eigenvalue weighted by Gasteiger charge is -2.50. The number of rotatable bonds is 7. The number of oxime groups is 1. The Morgan fingerprint density at radius 1 is 0.912 bits per heavy atom. The highest BCUT2D eigenvalue weighted by Crippen LogP contribution is 2.42. The first kappa shape index (κ1) is 22.5. The maximum absolute atomic E-state index is 13.2. The van der Waals surface area contributed by atoms with Gasteiger partial charge in [-0.3, -0.25) is 9.59 Å². The van der Waals surface area contributed by atoms with Crippen molar-refractivity contribution in [3.63, 3.8) is 0 Å². The van der Waals surface area contributed by atoms with Crippen LogP contribution in [0.1, 0.15) is 28.8 Å². The molecular formula is C25H21N3O6. The van der Waals surface area contributed by atoms with E-state index >= 15 is 0 Å². The number of hydrogen-bond donors (Lipinski definition) is 4. The zero-order valence-corrected chi connectivity index (χ0v) is 17.8. The number of phenolic OH excluding ortho intramolecular Hbond substituents is 1. The third-order valence-electron chi connectivity index (χ3n) is 5.65. The van der Waals surface area contributed by atoms with E-state index in [1.165, 1.54) is 29.2 Å². The van der Waals surface area contributed by atoms with Crippen molar-refractivity contribution in [1.29, 1.82) is 0 Å². The van der Waals surface area contributed by atoms with Gasteiger partial charge < -0.3 is 25.6 Å². The van der Waals surface area contributed by atoms with Crippen molar-refractivity contribution in [2.24, 2.45) is 5.16 Å². The summed E-state index contributed by atoms with van der Waals surface area (Å²) in [5.41, 5.74) is 1.01. The number of nitrogens with zero attached hydrogens (tertiary/aromatic N) is 2. The molecule has 0 spiro atoms. The molecule has 3 atom stereocenters. The van der Waals surface area contributed by atoms with Gasteiger partial charge in [-0.2, -0.15) is 0 Å². The molecule has 1 aliphatic heterocycles. The highest BCUT2D eigenvalue weighted by Gasteiger charge is 2.54. The van der Waals surface area contributed by atoms with Crippen LogP contribution in [0.3, 0.4) is 0 Å². The second-order valence-corrected chi connectivity index (χ2v) is 7.70. The number of hydrogen-bond acceptors (Lipinski definition) is 6. The fourth-order valence-electron chi connectivity index (χ4n) is 4.06. The molecule has 172 valence electrons. The number of benzene rings is 3. The molecule has 0 aliphatic carbocycles. The molecule has 0 radical (unpaired) electrons. The van der Waals surface area contributed by atoms with Gasteiger partial charge in [0.05, 0.1) is 6.04 Å². The van der Waals surface area contributed by atoms with Crippen LogP contribution in [0.5, 0.6) is 5.75 Å². The van der Waals surface area contributed by atoms with E-state index in [-0.39, 0.29) is 11.5 Å². The number of carboxylic acid groups (broad SMARTS) is 1. The van der Waals surface area contributed by atoms with Crippen LogP contribution in [-0.2, 0) is 14.4 Å². The van der Waals surface area contributed by atoms with Crippen LogP contribution >= 0.6 is 0 Å². The second kappa shape index (κ2) is 9.45. The summed E-state index contributed by atoms with van der Waals surface area (Å²) in [4.78, 5) is 39.5. The summed E-state index contributed by atoms with van der Waals surface area (Å²) >= 11 is 0. The molecule has 4 N–H and O–H groups in total. The molecule has 1 fully saturated rings. The SMILES string of the molecule is O=C(NC1C(=O)N(C(C(=O)O)c2ccc(O)cc2)C1c1ccccc1)/C(=N/O)c1ccccc1. The van der Waals surface area contributed by atoms with Gasteiger partial charge in [0.25, 0.3) is 5.91 Å². The lowest BCUT2D eigenvalue weighted by Crippen LogP contribution is -2.67. The Morgan fingerprint density at radius 2 is 1.50 bits per heavy atom. The minimum atomic E-state index is -1.34. The van der Waals surface area contributed by atoms with Gasteiger partial charge in [0.15, 0.2) is 11.8 Å². The Kier molecular flexibility index (Phi) is 6.26. The molecule has 3 aromatic rings. The van der Waals surface area contributed by atoms with E-state index in [2.05, 4.69) is 10.5 Å². The number of aliphatic carboxylic acids is 1. The van der Waals surface area contributed by atoms with Crippen LogP contribution in [0.15, 0.2) is 90.1 Å². The molecule has 3 aromatic carbocycles. The van der Waals surface area contributed by atoms with E-state index in [9.17, 15) is 29.8 Å². The molecule has 2 amide bonds. The van der Waals surface area contributed by atoms with Crippen LogP contribution in [-0.4, -0.2) is 49.9 Å². The Labute approximate surface area is 194 Å². The fourth-order valence-corrected chi connectivity index (χ4v) is 4.06. The zero-order chi connectivity index (χ0) is 24.2. The van der Waals surface area contributed by atoms with E-state index in [0.717, 1.165) is 0 Å². The van der Waals surface area contributed by atoms with Gasteiger partial charge in [0, 0.05) is 5.56 Å². The van der Waals surface area contributed by atoms with Crippen molar-refractivity contribution in [2.45, 2.75) is 18.1 Å². The first-order valence-corrected chi connectivity index (χ1v) is 10.4. The summed E-state index contributed by atoms with van der Waals surface area (Å²) in [5, 5.41) is 34.6. The van der Waals surface area contributed by atoms with E-state index in [4.69, 9.17) is 0 Å². The topological polar surface area (TPSA) is 140 Å². The summed E-state index contributed by atoms with van der Waals surface area (Å²) in [6.07, 6.45) is 0. The minimum Gasteiger partial charge on any atom is -0.508 e. The molecular weight excluding hydrogens is 438 g/mol. The first-order valence-electron chi connectivity index (χ1n) is 10.4. The summed E-state index contributed by atoms with van der Waals surface area (Å²) < 4.78 is 0. The van der Waals surface area contributed by atoms with Crippen molar-refractivity contribution < 1.29 is 29.8 Å². The molecule has 1 saturated heterocycles. The molecule has 3 unspecified atom stereocenters. The van der Waals surface area contributed by atoms with Gasteiger partial charge in [-0.05, 0) is 23.3 Å². The van der Waals surface area contributed by atoms with E-state index in [0.29, 0.717) is 16.7 Å². The van der Waals surface area contributed by atoms with Gasteiger partial charge in [0.1, 0.15) is 11.8 Å². The predicted octanol–water partition coefficient (Wildman–Crippen LogP) is 2.46. The van der Waals surface area contributed by atoms with Crippen molar-refractivity contribution in [3.05, 3.63) is 102 Å². The number of amides is 2. The normalized spacial score (nSPS) is 18.6. The Morgan fingerprint density at radius 3 is 2.06 bits per heavy atom. The van der Waals surface area contributed by atoms with Crippen LogP contribution in [0.2, 0.25) is 0 Å². The Balaban J connectivity index is 1.67. The van der Waals surface area contributed by atoms with Gasteiger partial charge >= 0.3 is 5.97 Å². The lowest BCUT2D eigenvalue weighted by atomic mass is 9.84. The molecule has 0 saturated carbocycles. The molecule has 1 heterocycles. The van der Waals surface area contributed by atoms with Crippen molar-refractivity contribution in [1.82, 2.24) is 10.2 Å². The molecule has 9 heteroatoms. The fraction of sp³-hybridized carbons (Fsp3) is 0.120. The van der Waals surface area contributed by atoms with Gasteiger partial charge in [-0.15, -0.1) is 0 Å². The van der Waals surface area contributed by atoms with Gasteiger partial charge in [-0.1, -0.05) is 78.0 Å². The highest BCUT2D eigenvalue weighted by atomic mass is 16.4. The largest absolute Gasteiger partial charge is 0.508 e. The van der Waals surface area contributed by atoms with Crippen LogP contribution < -0.4 is 5.32 Å². The summed E-state index contributed by atoms with van der Waals surface area (Å²) in [6, 6.07) is 19.3. The monoisotopic (exact) mass is 459 g/mol. The molecule has 9 nitrogen and oxygen atoms in total. The number of phenols is 1. The first-order chi connectivity index (χ1) is 16.4. The summed E-state index contributed by atoms with van der Waals surface area (Å²) in [6.45, 7) is 0. The van der Waals surface area contributed by atoms with Gasteiger partial charge in [0.2, 0.25) is 5.91 Å². The van der Waals surface area contributed by atoms with E-state index < -0.39 is 35.9 Å². The summed E-state index contributed by atoms with van der Waals surface area (Å²) in [7, 11) is 0. The smallest absolute Gasteiger partial charge is 0.331 e. The van der Waals surface area contributed by atoms with Crippen LogP contribution in [0.25, 0.3) is 0 Å². The number of likely N-dealkylation sites (tertiary alicyclic amines) is 1. The van der Waals surface area contributed by atoms with E-state index in [1.807, 2.05) is 0 Å². The molecule has 34 heavy (non-hydrogen) atoms. The second-order valence-electron chi connectivity index (χ2n) is 7.70. The quantitative estimate of drug-likeness (QED) is 0.185. The van der Waals surface area contributed by atoms with Crippen molar-refractivity contribution in [3.8, 4) is 5.75 Å². The molecule has 0 bridgehead atoms. The number of aromatic hydroxyl groups is 1. The number of carbonyl (C=O) groups excluding carboxylic acids is 2. The lowest BCUT2D eigenvalue weighted by molar-refractivity contribution is -0.167. The van der Waals surface area contributed by atoms with Crippen LogP contribution in [0, 0.1) is 0 Å². The molecule has 4 rings (SSSR count). The van der Waals surface area contributed by atoms with Crippen molar-refractivity contribution in [2.75, 3.05) is 0 Å². The molecule has 1 aliphatic rings. The minimum absolute atomic E-state index is 0.0377. The Bertz CT molecular complexity index is 1230. The third-order valence-corrected chi connectivity index (χ3v) is 5.65. The molecule has 0 aromatic heterocycles. The predicted molar refractivity (Wildman–Crippen MR) is 121 cm³/mol. The number of β-lactam (4-membered cyclic amide) rings is 1. The average Bonchev–Trinajstić information content (AvgIpc) is 2.85. The number of carbonyl (C=O) groups is 3. The van der Waals surface area contributed by atoms with Crippen LogP contribution in [0.4, 0.5) is 0 Å². The average molecular weight is 459 g/mol. The van der Waals surface area contributed by atoms with Gasteiger partial charge in [-0.25, -0.2) is 4.79 Å². The summed E-state index contributed by atoms with van der Waals surface area (Å²) in [5.74, 6) is -2.67. The van der Waals surface area contributed by atoms with Crippen molar-refractivity contribution >= 4 is 23.5 Å². The zero-order valence-electron chi connectivity index (χ0n) is 17.8. The standard InChI is InChI=1S/C25H21N3O6/c29-18-13-11-17(12-14-18)22(25(32)33)28-21(16-9-5-2-6-10-16)20(24(28)31)26-23(30)19(27-34)15-7-3-1-4-8-15/h1-14,20-22,29,34H,(H,26,30)(H,32,33)/b27-19+. The Hall–Kier alpha value is -4.66.